The van der Waals surface area contributed by atoms with Crippen molar-refractivity contribution in [1.29, 1.82) is 5.26 Å². The smallest absolute Gasteiger partial charge is 0.405 e. The highest BCUT2D eigenvalue weighted by Gasteiger charge is 2.40. The molecule has 6 heteroatoms. The Bertz CT molecular complexity index is 1040. The molecule has 1 heterocycles. The number of para-hydroxylation sites is 1. The molecule has 130 valence electrons. The molecule has 3 aromatic rings. The van der Waals surface area contributed by atoms with Crippen LogP contribution in [0.25, 0.3) is 22.3 Å². The molecule has 2 N–H and O–H groups in total. The molecule has 4 rings (SSSR count). The lowest BCUT2D eigenvalue weighted by molar-refractivity contribution is 0.144. The minimum atomic E-state index is -0.996. The van der Waals surface area contributed by atoms with E-state index in [-0.39, 0.29) is 0 Å². The molecule has 1 aliphatic carbocycles. The molecular weight excluding hydrogens is 443 g/mol. The summed E-state index contributed by atoms with van der Waals surface area (Å²) in [6, 6.07) is 15.5. The third-order valence-electron chi connectivity index (χ3n) is 5.03. The van der Waals surface area contributed by atoms with Crippen LogP contribution in [-0.2, 0) is 5.54 Å². The number of amides is 1. The number of hydrogen-bond acceptors (Lipinski definition) is 3. The maximum Gasteiger partial charge on any atom is 0.405 e. The third-order valence-corrected chi connectivity index (χ3v) is 6.10. The molecule has 0 saturated heterocycles. The van der Waals surface area contributed by atoms with Crippen molar-refractivity contribution in [2.45, 2.75) is 24.8 Å². The van der Waals surface area contributed by atoms with Gasteiger partial charge in [0.1, 0.15) is 11.8 Å². The SMILES string of the molecule is N#Cc1cccc2c(I)c(-c3ccc(C4(NC(=O)O)CCC4)cc3)oc12. The van der Waals surface area contributed by atoms with Crippen molar-refractivity contribution in [2.24, 2.45) is 0 Å². The average molecular weight is 458 g/mol. The van der Waals surface area contributed by atoms with Crippen LogP contribution in [0.1, 0.15) is 30.4 Å². The normalized spacial score (nSPS) is 15.2. The van der Waals surface area contributed by atoms with Crippen molar-refractivity contribution >= 4 is 39.7 Å². The second kappa shape index (κ2) is 6.32. The van der Waals surface area contributed by atoms with Gasteiger partial charge in [-0.15, -0.1) is 0 Å². The molecule has 1 amide bonds. The van der Waals surface area contributed by atoms with Gasteiger partial charge < -0.3 is 14.8 Å². The summed E-state index contributed by atoms with van der Waals surface area (Å²) in [5.41, 5.74) is 2.52. The van der Waals surface area contributed by atoms with Crippen LogP contribution in [-0.4, -0.2) is 11.2 Å². The Morgan fingerprint density at radius 3 is 2.54 bits per heavy atom. The molecule has 5 nitrogen and oxygen atoms in total. The summed E-state index contributed by atoms with van der Waals surface area (Å²) in [4.78, 5) is 11.1. The lowest BCUT2D eigenvalue weighted by atomic mass is 9.72. The highest BCUT2D eigenvalue weighted by atomic mass is 127. The number of benzene rings is 2. The Hall–Kier alpha value is -2.53. The van der Waals surface area contributed by atoms with Gasteiger partial charge in [0.2, 0.25) is 0 Å². The van der Waals surface area contributed by atoms with Crippen LogP contribution >= 0.6 is 22.6 Å². The minimum Gasteiger partial charge on any atom is -0.465 e. The van der Waals surface area contributed by atoms with Gasteiger partial charge >= 0.3 is 6.09 Å². The first-order valence-corrected chi connectivity index (χ1v) is 9.35. The Balaban J connectivity index is 1.74. The number of carbonyl (C=O) groups is 1. The van der Waals surface area contributed by atoms with E-state index in [0.29, 0.717) is 11.1 Å². The zero-order chi connectivity index (χ0) is 18.3. The standard InChI is InChI=1S/C20H15IN2O3/c21-16-15-4-1-3-13(11-22)17(15)26-18(16)12-5-7-14(8-6-12)20(9-2-10-20)23-19(24)25/h1,3-8,23H,2,9-10H2,(H,24,25). The molecule has 2 aromatic carbocycles. The van der Waals surface area contributed by atoms with Gasteiger partial charge in [-0.25, -0.2) is 4.79 Å². The van der Waals surface area contributed by atoms with Gasteiger partial charge in [-0.3, -0.25) is 0 Å². The molecule has 0 radical (unpaired) electrons. The van der Waals surface area contributed by atoms with Crippen molar-refractivity contribution < 1.29 is 14.3 Å². The largest absolute Gasteiger partial charge is 0.465 e. The van der Waals surface area contributed by atoms with E-state index in [9.17, 15) is 10.1 Å². The number of carboxylic acid groups (broad SMARTS) is 1. The molecular formula is C20H15IN2O3. The summed E-state index contributed by atoms with van der Waals surface area (Å²) in [7, 11) is 0. The van der Waals surface area contributed by atoms with Gasteiger partial charge in [-0.05, 0) is 59.5 Å². The average Bonchev–Trinajstić information content (AvgIpc) is 2.95. The number of hydrogen-bond donors (Lipinski definition) is 2. The fourth-order valence-corrected chi connectivity index (χ4v) is 4.37. The fourth-order valence-electron chi connectivity index (χ4n) is 3.52. The Kier molecular flexibility index (Phi) is 4.11. The van der Waals surface area contributed by atoms with E-state index in [1.165, 1.54) is 0 Å². The number of furan rings is 1. The van der Waals surface area contributed by atoms with Gasteiger partial charge in [0, 0.05) is 10.9 Å². The Labute approximate surface area is 163 Å². The first-order valence-electron chi connectivity index (χ1n) is 8.27. The topological polar surface area (TPSA) is 86.3 Å². The summed E-state index contributed by atoms with van der Waals surface area (Å²) in [6.07, 6.45) is 1.64. The third kappa shape index (κ3) is 2.63. The number of nitrogens with one attached hydrogen (secondary N) is 1. The summed E-state index contributed by atoms with van der Waals surface area (Å²) in [6.45, 7) is 0. The Morgan fingerprint density at radius 2 is 1.96 bits per heavy atom. The molecule has 0 bridgehead atoms. The van der Waals surface area contributed by atoms with E-state index in [1.807, 2.05) is 36.4 Å². The van der Waals surface area contributed by atoms with Crippen molar-refractivity contribution in [3.05, 3.63) is 57.2 Å². The van der Waals surface area contributed by atoms with E-state index in [4.69, 9.17) is 9.52 Å². The zero-order valence-corrected chi connectivity index (χ0v) is 15.9. The molecule has 1 saturated carbocycles. The number of nitrogens with zero attached hydrogens (tertiary/aromatic N) is 1. The molecule has 26 heavy (non-hydrogen) atoms. The van der Waals surface area contributed by atoms with Crippen LogP contribution < -0.4 is 5.32 Å². The number of rotatable bonds is 3. The minimum absolute atomic E-state index is 0.473. The first kappa shape index (κ1) is 16.9. The molecule has 0 aliphatic heterocycles. The lowest BCUT2D eigenvalue weighted by Crippen LogP contribution is -2.50. The van der Waals surface area contributed by atoms with Gasteiger partial charge in [0.05, 0.1) is 14.7 Å². The van der Waals surface area contributed by atoms with Crippen molar-refractivity contribution in [3.63, 3.8) is 0 Å². The van der Waals surface area contributed by atoms with Gasteiger partial charge in [-0.2, -0.15) is 5.26 Å². The second-order valence-electron chi connectivity index (χ2n) is 6.48. The first-order chi connectivity index (χ1) is 12.5. The van der Waals surface area contributed by atoms with Gasteiger partial charge in [0.25, 0.3) is 0 Å². The fraction of sp³-hybridized carbons (Fsp3) is 0.200. The van der Waals surface area contributed by atoms with Crippen LogP contribution in [0.5, 0.6) is 0 Å². The summed E-state index contributed by atoms with van der Waals surface area (Å²) in [5, 5.41) is 22.0. The van der Waals surface area contributed by atoms with Gasteiger partial charge in [0.15, 0.2) is 5.58 Å². The maximum absolute atomic E-state index is 11.1. The predicted octanol–water partition coefficient (Wildman–Crippen LogP) is 5.22. The van der Waals surface area contributed by atoms with Crippen LogP contribution in [0.4, 0.5) is 4.79 Å². The highest BCUT2D eigenvalue weighted by Crippen LogP contribution is 2.42. The Morgan fingerprint density at radius 1 is 1.23 bits per heavy atom. The van der Waals surface area contributed by atoms with E-state index >= 15 is 0 Å². The van der Waals surface area contributed by atoms with Crippen LogP contribution in [0.3, 0.4) is 0 Å². The molecule has 1 aromatic heterocycles. The summed E-state index contributed by atoms with van der Waals surface area (Å²) >= 11 is 2.24. The molecule has 1 aliphatic rings. The summed E-state index contributed by atoms with van der Waals surface area (Å²) in [5.74, 6) is 0.726. The molecule has 0 atom stereocenters. The van der Waals surface area contributed by atoms with E-state index in [1.54, 1.807) is 6.07 Å². The van der Waals surface area contributed by atoms with Crippen molar-refractivity contribution in [3.8, 4) is 17.4 Å². The molecule has 0 unspecified atom stereocenters. The zero-order valence-electron chi connectivity index (χ0n) is 13.8. The van der Waals surface area contributed by atoms with E-state index in [2.05, 4.69) is 34.0 Å². The van der Waals surface area contributed by atoms with Crippen molar-refractivity contribution in [2.75, 3.05) is 0 Å². The van der Waals surface area contributed by atoms with Gasteiger partial charge in [-0.1, -0.05) is 30.3 Å². The predicted molar refractivity (Wildman–Crippen MR) is 106 cm³/mol. The number of halogens is 1. The summed E-state index contributed by atoms with van der Waals surface area (Å²) < 4.78 is 6.96. The van der Waals surface area contributed by atoms with E-state index < -0.39 is 11.6 Å². The molecule has 1 fully saturated rings. The van der Waals surface area contributed by atoms with E-state index in [0.717, 1.165) is 45.1 Å². The van der Waals surface area contributed by atoms with Crippen molar-refractivity contribution in [1.82, 2.24) is 5.32 Å². The molecule has 0 spiro atoms. The van der Waals surface area contributed by atoms with Crippen LogP contribution in [0, 0.1) is 14.9 Å². The quantitative estimate of drug-likeness (QED) is 0.527. The maximum atomic E-state index is 11.1. The van der Waals surface area contributed by atoms with Crippen LogP contribution in [0.2, 0.25) is 0 Å². The lowest BCUT2D eigenvalue weighted by Gasteiger charge is -2.42. The highest BCUT2D eigenvalue weighted by molar-refractivity contribution is 14.1. The number of fused-ring (bicyclic) bond motifs is 1. The second-order valence-corrected chi connectivity index (χ2v) is 7.56. The van der Waals surface area contributed by atoms with Crippen LogP contribution in [0.15, 0.2) is 46.9 Å². The monoisotopic (exact) mass is 458 g/mol. The number of nitriles is 1.